The minimum atomic E-state index is -1.22. The van der Waals surface area contributed by atoms with E-state index in [1.165, 1.54) is 0 Å². The van der Waals surface area contributed by atoms with E-state index in [1.807, 2.05) is 0 Å². The van der Waals surface area contributed by atoms with Gasteiger partial charge in [0.15, 0.2) is 0 Å². The molecule has 1 aromatic carbocycles. The summed E-state index contributed by atoms with van der Waals surface area (Å²) in [5.41, 5.74) is 6.08. The minimum Gasteiger partial charge on any atom is -0.460 e. The molecule has 0 aliphatic carbocycles. The first-order valence-corrected chi connectivity index (χ1v) is 5.27. The second-order valence-corrected chi connectivity index (χ2v) is 3.86. The first-order chi connectivity index (χ1) is 8.13. The van der Waals surface area contributed by atoms with Crippen molar-refractivity contribution in [2.45, 2.75) is 24.6 Å². The fourth-order valence-corrected chi connectivity index (χ4v) is 1.68. The van der Waals surface area contributed by atoms with Gasteiger partial charge in [0.25, 0.3) is 0 Å². The van der Waals surface area contributed by atoms with Gasteiger partial charge in [0.05, 0.1) is 12.3 Å². The summed E-state index contributed by atoms with van der Waals surface area (Å²) in [7, 11) is 0. The molecule has 2 rings (SSSR count). The zero-order valence-corrected chi connectivity index (χ0v) is 9.06. The molecule has 0 bridgehead atoms. The molecule has 1 aliphatic rings. The highest BCUT2D eigenvalue weighted by molar-refractivity contribution is 5.51. The summed E-state index contributed by atoms with van der Waals surface area (Å²) in [6, 6.07) is 6.76. The summed E-state index contributed by atoms with van der Waals surface area (Å²) in [5, 5.41) is 28.1. The van der Waals surface area contributed by atoms with Crippen molar-refractivity contribution in [3.05, 3.63) is 24.3 Å². The summed E-state index contributed by atoms with van der Waals surface area (Å²) in [6.07, 6.45) is -4.27. The number of anilines is 1. The minimum absolute atomic E-state index is 0.363. The van der Waals surface area contributed by atoms with Crippen LogP contribution >= 0.6 is 0 Å². The molecule has 0 radical (unpaired) electrons. The van der Waals surface area contributed by atoms with Gasteiger partial charge in [-0.25, -0.2) is 0 Å². The quantitative estimate of drug-likeness (QED) is 0.510. The van der Waals surface area contributed by atoms with Gasteiger partial charge in [-0.15, -0.1) is 0 Å². The van der Waals surface area contributed by atoms with Crippen LogP contribution in [-0.2, 0) is 4.74 Å². The fraction of sp³-hybridized carbons (Fsp3) is 0.455. The number of benzene rings is 1. The normalized spacial score (nSPS) is 32.6. The SMILES string of the molecule is Nc1ccccc1OC1O[C@H](CO)[C@@H](O)[C@H]1O. The Morgan fingerprint density at radius 1 is 1.24 bits per heavy atom. The van der Waals surface area contributed by atoms with Crippen molar-refractivity contribution in [2.24, 2.45) is 0 Å². The second kappa shape index (κ2) is 4.89. The van der Waals surface area contributed by atoms with E-state index in [9.17, 15) is 10.2 Å². The average Bonchev–Trinajstić information content (AvgIpc) is 2.60. The van der Waals surface area contributed by atoms with Crippen molar-refractivity contribution >= 4 is 5.69 Å². The number of aliphatic hydroxyl groups excluding tert-OH is 3. The van der Waals surface area contributed by atoms with Crippen LogP contribution < -0.4 is 10.5 Å². The summed E-state index contributed by atoms with van der Waals surface area (Å²) < 4.78 is 10.5. The molecule has 1 heterocycles. The van der Waals surface area contributed by atoms with E-state index in [0.29, 0.717) is 11.4 Å². The Kier molecular flexibility index (Phi) is 3.49. The van der Waals surface area contributed by atoms with Crippen LogP contribution in [0.3, 0.4) is 0 Å². The number of hydrogen-bond donors (Lipinski definition) is 4. The van der Waals surface area contributed by atoms with Crippen LogP contribution in [0.25, 0.3) is 0 Å². The molecule has 0 aromatic heterocycles. The number of nitrogens with two attached hydrogens (primary N) is 1. The third-order valence-electron chi connectivity index (χ3n) is 2.66. The Hall–Kier alpha value is -1.34. The van der Waals surface area contributed by atoms with Crippen LogP contribution in [0.2, 0.25) is 0 Å². The lowest BCUT2D eigenvalue weighted by Crippen LogP contribution is -2.35. The van der Waals surface area contributed by atoms with Gasteiger partial charge in [-0.05, 0) is 12.1 Å². The summed E-state index contributed by atoms with van der Waals surface area (Å²) >= 11 is 0. The molecule has 1 aliphatic heterocycles. The van der Waals surface area contributed by atoms with Crippen molar-refractivity contribution in [3.63, 3.8) is 0 Å². The third kappa shape index (κ3) is 2.34. The van der Waals surface area contributed by atoms with E-state index in [0.717, 1.165) is 0 Å². The molecule has 94 valence electrons. The molecule has 6 nitrogen and oxygen atoms in total. The van der Waals surface area contributed by atoms with E-state index in [4.69, 9.17) is 20.3 Å². The van der Waals surface area contributed by atoms with Gasteiger partial charge in [0.1, 0.15) is 24.1 Å². The van der Waals surface area contributed by atoms with Gasteiger partial charge in [-0.3, -0.25) is 0 Å². The van der Waals surface area contributed by atoms with Crippen molar-refractivity contribution in [1.29, 1.82) is 0 Å². The van der Waals surface area contributed by atoms with Crippen LogP contribution in [0.15, 0.2) is 24.3 Å². The second-order valence-electron chi connectivity index (χ2n) is 3.86. The maximum absolute atomic E-state index is 9.66. The van der Waals surface area contributed by atoms with Gasteiger partial charge in [-0.1, -0.05) is 12.1 Å². The number of ether oxygens (including phenoxy) is 2. The van der Waals surface area contributed by atoms with E-state index in [2.05, 4.69) is 0 Å². The molecule has 5 N–H and O–H groups in total. The summed E-state index contributed by atoms with van der Waals surface area (Å²) in [4.78, 5) is 0. The Labute approximate surface area is 98.2 Å². The van der Waals surface area contributed by atoms with Gasteiger partial charge < -0.3 is 30.5 Å². The molecule has 0 saturated carbocycles. The third-order valence-corrected chi connectivity index (χ3v) is 2.66. The largest absolute Gasteiger partial charge is 0.460 e. The van der Waals surface area contributed by atoms with Crippen molar-refractivity contribution in [3.8, 4) is 5.75 Å². The maximum Gasteiger partial charge on any atom is 0.229 e. The predicted octanol–water partition coefficient (Wildman–Crippen LogP) is -0.913. The lowest BCUT2D eigenvalue weighted by atomic mass is 10.1. The van der Waals surface area contributed by atoms with Crippen molar-refractivity contribution in [1.82, 2.24) is 0 Å². The number of rotatable bonds is 3. The first-order valence-electron chi connectivity index (χ1n) is 5.27. The van der Waals surface area contributed by atoms with Crippen LogP contribution in [0, 0.1) is 0 Å². The highest BCUT2D eigenvalue weighted by Gasteiger charge is 2.44. The summed E-state index contributed by atoms with van der Waals surface area (Å²) in [5.74, 6) is 0.363. The summed E-state index contributed by atoms with van der Waals surface area (Å²) in [6.45, 7) is -0.387. The van der Waals surface area contributed by atoms with Crippen LogP contribution in [0.5, 0.6) is 5.75 Å². The Morgan fingerprint density at radius 3 is 2.53 bits per heavy atom. The maximum atomic E-state index is 9.66. The van der Waals surface area contributed by atoms with Gasteiger partial charge in [0.2, 0.25) is 6.29 Å². The Bertz CT molecular complexity index is 386. The van der Waals surface area contributed by atoms with Gasteiger partial charge >= 0.3 is 0 Å². The average molecular weight is 241 g/mol. The standard InChI is InChI=1S/C11H15NO5/c12-6-3-1-2-4-7(6)16-11-10(15)9(14)8(5-13)17-11/h1-4,8-11,13-15H,5,12H2/t8-,9-,10-,11?/m1/s1. The van der Waals surface area contributed by atoms with Crippen molar-refractivity contribution < 1.29 is 24.8 Å². The Balaban J connectivity index is 2.08. The lowest BCUT2D eigenvalue weighted by Gasteiger charge is -2.17. The topological polar surface area (TPSA) is 105 Å². The van der Waals surface area contributed by atoms with Gasteiger partial charge in [-0.2, -0.15) is 0 Å². The van der Waals surface area contributed by atoms with Gasteiger partial charge in [0, 0.05) is 0 Å². The van der Waals surface area contributed by atoms with E-state index >= 15 is 0 Å². The molecule has 17 heavy (non-hydrogen) atoms. The van der Waals surface area contributed by atoms with Crippen molar-refractivity contribution in [2.75, 3.05) is 12.3 Å². The number of hydrogen-bond acceptors (Lipinski definition) is 6. The molecule has 4 atom stereocenters. The molecule has 6 heteroatoms. The molecular weight excluding hydrogens is 226 g/mol. The molecule has 1 aromatic rings. The molecule has 0 amide bonds. The van der Waals surface area contributed by atoms with E-state index in [-0.39, 0.29) is 6.61 Å². The molecule has 1 saturated heterocycles. The van der Waals surface area contributed by atoms with E-state index < -0.39 is 24.6 Å². The molecule has 1 fully saturated rings. The first kappa shape index (κ1) is 12.1. The number of aliphatic hydroxyl groups is 3. The van der Waals surface area contributed by atoms with Crippen LogP contribution in [0.4, 0.5) is 5.69 Å². The van der Waals surface area contributed by atoms with Crippen LogP contribution in [-0.4, -0.2) is 46.5 Å². The van der Waals surface area contributed by atoms with Crippen LogP contribution in [0.1, 0.15) is 0 Å². The smallest absolute Gasteiger partial charge is 0.229 e. The zero-order chi connectivity index (χ0) is 12.4. The lowest BCUT2D eigenvalue weighted by molar-refractivity contribution is -0.116. The monoisotopic (exact) mass is 241 g/mol. The zero-order valence-electron chi connectivity index (χ0n) is 9.06. The molecule has 1 unspecified atom stereocenters. The highest BCUT2D eigenvalue weighted by atomic mass is 16.7. The fourth-order valence-electron chi connectivity index (χ4n) is 1.68. The number of para-hydroxylation sites is 2. The number of nitrogen functional groups attached to an aromatic ring is 1. The van der Waals surface area contributed by atoms with E-state index in [1.54, 1.807) is 24.3 Å². The predicted molar refractivity (Wildman–Crippen MR) is 59.2 cm³/mol. The molecule has 0 spiro atoms. The Morgan fingerprint density at radius 2 is 1.94 bits per heavy atom. The molecular formula is C11H15NO5. The highest BCUT2D eigenvalue weighted by Crippen LogP contribution is 2.27.